The molecule has 1 atom stereocenters. The van der Waals surface area contributed by atoms with Gasteiger partial charge in [-0.05, 0) is 81.5 Å². The summed E-state index contributed by atoms with van der Waals surface area (Å²) in [7, 11) is 0. The van der Waals surface area contributed by atoms with E-state index in [0.717, 1.165) is 24.6 Å². The molecule has 0 radical (unpaired) electrons. The highest BCUT2D eigenvalue weighted by Gasteiger charge is 2.16. The lowest BCUT2D eigenvalue weighted by Crippen LogP contribution is -2.82. The molecule has 0 saturated carbocycles. The first-order chi connectivity index (χ1) is 13.3. The third-order valence-corrected chi connectivity index (χ3v) is 4.84. The number of rotatable bonds is 11. The van der Waals surface area contributed by atoms with Gasteiger partial charge in [0.2, 0.25) is 0 Å². The first-order valence-corrected chi connectivity index (χ1v) is 10.7. The van der Waals surface area contributed by atoms with Crippen molar-refractivity contribution in [2.24, 2.45) is 5.92 Å². The van der Waals surface area contributed by atoms with E-state index in [1.165, 1.54) is 17.5 Å². The summed E-state index contributed by atoms with van der Waals surface area (Å²) in [5, 5.41) is 2.41. The SMILES string of the molecule is CC(C)Oc1ccc(C[NH2+]CC[C@@H](c2ccc(OC(C)C)cc2)C(C)C)cc1. The zero-order valence-electron chi connectivity index (χ0n) is 18.4. The van der Waals surface area contributed by atoms with Gasteiger partial charge in [-0.1, -0.05) is 26.0 Å². The van der Waals surface area contributed by atoms with Crippen molar-refractivity contribution >= 4 is 0 Å². The molecule has 0 amide bonds. The minimum Gasteiger partial charge on any atom is -0.491 e. The van der Waals surface area contributed by atoms with Gasteiger partial charge in [0.25, 0.3) is 0 Å². The Morgan fingerprint density at radius 1 is 0.714 bits per heavy atom. The fourth-order valence-electron chi connectivity index (χ4n) is 3.49. The maximum atomic E-state index is 5.77. The van der Waals surface area contributed by atoms with Gasteiger partial charge in [0.15, 0.2) is 0 Å². The molecule has 0 aliphatic heterocycles. The van der Waals surface area contributed by atoms with Gasteiger partial charge in [-0.2, -0.15) is 0 Å². The van der Waals surface area contributed by atoms with E-state index >= 15 is 0 Å². The van der Waals surface area contributed by atoms with Crippen molar-refractivity contribution in [1.82, 2.24) is 0 Å². The van der Waals surface area contributed by atoms with E-state index < -0.39 is 0 Å². The number of quaternary nitrogens is 1. The molecule has 0 unspecified atom stereocenters. The quantitative estimate of drug-likeness (QED) is 0.544. The zero-order chi connectivity index (χ0) is 20.5. The third-order valence-electron chi connectivity index (χ3n) is 4.84. The molecule has 0 aromatic heterocycles. The van der Waals surface area contributed by atoms with Crippen molar-refractivity contribution in [2.45, 2.75) is 72.6 Å². The van der Waals surface area contributed by atoms with E-state index in [4.69, 9.17) is 9.47 Å². The van der Waals surface area contributed by atoms with Gasteiger partial charge >= 0.3 is 0 Å². The molecular weight excluding hydrogens is 346 g/mol. The summed E-state index contributed by atoms with van der Waals surface area (Å²) in [5.41, 5.74) is 2.75. The molecular formula is C25H38NO2+. The Hall–Kier alpha value is -2.00. The Morgan fingerprint density at radius 3 is 1.68 bits per heavy atom. The van der Waals surface area contributed by atoms with Gasteiger partial charge in [0.1, 0.15) is 18.0 Å². The van der Waals surface area contributed by atoms with Gasteiger partial charge in [-0.15, -0.1) is 0 Å². The van der Waals surface area contributed by atoms with Crippen LogP contribution in [0.25, 0.3) is 0 Å². The number of hydrogen-bond donors (Lipinski definition) is 1. The Labute approximate surface area is 171 Å². The van der Waals surface area contributed by atoms with Crippen LogP contribution < -0.4 is 14.8 Å². The predicted octanol–water partition coefficient (Wildman–Crippen LogP) is 5.15. The van der Waals surface area contributed by atoms with Crippen LogP contribution in [0.5, 0.6) is 11.5 Å². The average molecular weight is 385 g/mol. The lowest BCUT2D eigenvalue weighted by Gasteiger charge is -2.21. The molecule has 3 nitrogen and oxygen atoms in total. The molecule has 0 aliphatic rings. The standard InChI is InChI=1S/C25H37NO2/c1-18(2)25(22-9-13-24(14-10-22)28-20(5)6)15-16-26-17-21-7-11-23(12-8-21)27-19(3)4/h7-14,18-20,25-26H,15-17H2,1-6H3/p+1/t25-/m1/s1. The summed E-state index contributed by atoms with van der Waals surface area (Å²) in [6.45, 7) is 15.0. The molecule has 0 heterocycles. The molecule has 154 valence electrons. The Morgan fingerprint density at radius 2 is 1.21 bits per heavy atom. The van der Waals surface area contributed by atoms with E-state index in [0.29, 0.717) is 11.8 Å². The maximum absolute atomic E-state index is 5.77. The molecule has 3 heteroatoms. The minimum absolute atomic E-state index is 0.215. The molecule has 0 spiro atoms. The van der Waals surface area contributed by atoms with Gasteiger partial charge in [-0.3, -0.25) is 0 Å². The zero-order valence-corrected chi connectivity index (χ0v) is 18.4. The normalized spacial score (nSPS) is 12.6. The van der Waals surface area contributed by atoms with Crippen LogP contribution in [0.1, 0.15) is 65.0 Å². The van der Waals surface area contributed by atoms with Crippen molar-refractivity contribution in [1.29, 1.82) is 0 Å². The van der Waals surface area contributed by atoms with Crippen LogP contribution in [0.3, 0.4) is 0 Å². The molecule has 2 rings (SSSR count). The van der Waals surface area contributed by atoms with Crippen LogP contribution in [-0.4, -0.2) is 18.8 Å². The molecule has 0 bridgehead atoms. The van der Waals surface area contributed by atoms with Crippen LogP contribution in [0.15, 0.2) is 48.5 Å². The fourth-order valence-corrected chi connectivity index (χ4v) is 3.49. The third kappa shape index (κ3) is 7.55. The van der Waals surface area contributed by atoms with Crippen LogP contribution >= 0.6 is 0 Å². The van der Waals surface area contributed by atoms with Crippen molar-refractivity contribution < 1.29 is 14.8 Å². The molecule has 0 aliphatic carbocycles. The second-order valence-electron chi connectivity index (χ2n) is 8.47. The predicted molar refractivity (Wildman–Crippen MR) is 117 cm³/mol. The molecule has 0 fully saturated rings. The summed E-state index contributed by atoms with van der Waals surface area (Å²) < 4.78 is 11.5. The molecule has 2 aromatic rings. The topological polar surface area (TPSA) is 35.1 Å². The monoisotopic (exact) mass is 384 g/mol. The van der Waals surface area contributed by atoms with E-state index in [-0.39, 0.29) is 12.2 Å². The van der Waals surface area contributed by atoms with Crippen molar-refractivity contribution in [3.05, 3.63) is 59.7 Å². The van der Waals surface area contributed by atoms with Gasteiger partial charge in [0, 0.05) is 12.0 Å². The highest BCUT2D eigenvalue weighted by molar-refractivity contribution is 5.30. The van der Waals surface area contributed by atoms with Crippen molar-refractivity contribution in [2.75, 3.05) is 6.54 Å². The smallest absolute Gasteiger partial charge is 0.119 e. The van der Waals surface area contributed by atoms with Crippen LogP contribution in [0, 0.1) is 5.92 Å². The van der Waals surface area contributed by atoms with Crippen molar-refractivity contribution in [3.8, 4) is 11.5 Å². The Balaban J connectivity index is 1.83. The minimum atomic E-state index is 0.215. The molecule has 2 N–H and O–H groups in total. The highest BCUT2D eigenvalue weighted by Crippen LogP contribution is 2.28. The first-order valence-electron chi connectivity index (χ1n) is 10.7. The number of hydrogen-bond acceptors (Lipinski definition) is 2. The highest BCUT2D eigenvalue weighted by atomic mass is 16.5. The first kappa shape index (κ1) is 22.3. The van der Waals surface area contributed by atoms with Crippen LogP contribution in [-0.2, 0) is 6.54 Å². The summed E-state index contributed by atoms with van der Waals surface area (Å²) in [5.74, 6) is 3.10. The maximum Gasteiger partial charge on any atom is 0.119 e. The van der Waals surface area contributed by atoms with Gasteiger partial charge < -0.3 is 14.8 Å². The summed E-state index contributed by atoms with van der Waals surface area (Å²) in [4.78, 5) is 0. The molecule has 28 heavy (non-hydrogen) atoms. The van der Waals surface area contributed by atoms with E-state index in [1.54, 1.807) is 0 Å². The van der Waals surface area contributed by atoms with E-state index in [2.05, 4.69) is 95.4 Å². The van der Waals surface area contributed by atoms with Crippen molar-refractivity contribution in [3.63, 3.8) is 0 Å². The van der Waals surface area contributed by atoms with Gasteiger partial charge in [-0.25, -0.2) is 0 Å². The van der Waals surface area contributed by atoms with Crippen LogP contribution in [0.2, 0.25) is 0 Å². The number of benzene rings is 2. The van der Waals surface area contributed by atoms with E-state index in [1.807, 2.05) is 0 Å². The second kappa shape index (κ2) is 11.1. The Bertz CT molecular complexity index is 675. The number of nitrogens with two attached hydrogens (primary N) is 1. The molecule has 0 saturated heterocycles. The lowest BCUT2D eigenvalue weighted by molar-refractivity contribution is -0.671. The molecule has 2 aromatic carbocycles. The summed E-state index contributed by atoms with van der Waals surface area (Å²) in [6.07, 6.45) is 1.61. The lowest BCUT2D eigenvalue weighted by atomic mass is 9.86. The number of ether oxygens (including phenoxy) is 2. The average Bonchev–Trinajstić information content (AvgIpc) is 2.63. The fraction of sp³-hybridized carbons (Fsp3) is 0.520. The van der Waals surface area contributed by atoms with E-state index in [9.17, 15) is 0 Å². The summed E-state index contributed by atoms with van der Waals surface area (Å²) >= 11 is 0. The largest absolute Gasteiger partial charge is 0.491 e. The summed E-state index contributed by atoms with van der Waals surface area (Å²) in [6, 6.07) is 17.2. The van der Waals surface area contributed by atoms with Crippen LogP contribution in [0.4, 0.5) is 0 Å². The second-order valence-corrected chi connectivity index (χ2v) is 8.47. The van der Waals surface area contributed by atoms with Gasteiger partial charge in [0.05, 0.1) is 18.8 Å². The Kier molecular flexibility index (Phi) is 8.85.